The molecule has 0 amide bonds. The van der Waals surface area contributed by atoms with Crippen molar-refractivity contribution in [2.24, 2.45) is 0 Å². The Hall–Kier alpha value is -3.43. The quantitative estimate of drug-likeness (QED) is 0.417. The van der Waals surface area contributed by atoms with Gasteiger partial charge in [0.15, 0.2) is 0 Å². The summed E-state index contributed by atoms with van der Waals surface area (Å²) in [6.07, 6.45) is 10.8. The van der Waals surface area contributed by atoms with Crippen molar-refractivity contribution in [2.75, 3.05) is 13.1 Å². The lowest BCUT2D eigenvalue weighted by atomic mass is 9.90. The maximum absolute atomic E-state index is 4.25. The summed E-state index contributed by atoms with van der Waals surface area (Å²) in [5, 5.41) is 0. The maximum atomic E-state index is 4.25. The highest BCUT2D eigenvalue weighted by Crippen LogP contribution is 2.42. The Labute approximate surface area is 189 Å². The number of aromatic amines is 1. The number of nitrogens with zero attached hydrogens (tertiary/aromatic N) is 2. The summed E-state index contributed by atoms with van der Waals surface area (Å²) in [6, 6.07) is 26.4. The van der Waals surface area contributed by atoms with Gasteiger partial charge in [-0.2, -0.15) is 0 Å². The van der Waals surface area contributed by atoms with Gasteiger partial charge >= 0.3 is 0 Å². The van der Waals surface area contributed by atoms with Gasteiger partial charge in [-0.05, 0) is 53.2 Å². The van der Waals surface area contributed by atoms with E-state index in [9.17, 15) is 0 Å². The van der Waals surface area contributed by atoms with E-state index in [0.717, 1.165) is 19.5 Å². The van der Waals surface area contributed by atoms with Crippen LogP contribution in [0.25, 0.3) is 28.0 Å². The molecule has 0 bridgehead atoms. The molecule has 1 fully saturated rings. The zero-order chi connectivity index (χ0) is 21.3. The number of hydrogen-bond acceptors (Lipinski definition) is 2. The van der Waals surface area contributed by atoms with Crippen LogP contribution in [-0.4, -0.2) is 34.0 Å². The fourth-order valence-corrected chi connectivity index (χ4v) is 5.46. The van der Waals surface area contributed by atoms with Crippen LogP contribution in [0, 0.1) is 0 Å². The van der Waals surface area contributed by atoms with Gasteiger partial charge in [-0.1, -0.05) is 66.7 Å². The van der Waals surface area contributed by atoms with Crippen molar-refractivity contribution in [1.82, 2.24) is 14.9 Å². The number of hydrogen-bond donors (Lipinski definition) is 1. The predicted octanol–water partition coefficient (Wildman–Crippen LogP) is 6.39. The molecule has 1 saturated heterocycles. The van der Waals surface area contributed by atoms with E-state index in [1.165, 1.54) is 45.5 Å². The molecule has 0 aliphatic carbocycles. The van der Waals surface area contributed by atoms with E-state index in [1.54, 1.807) is 0 Å². The van der Waals surface area contributed by atoms with Crippen molar-refractivity contribution in [2.45, 2.75) is 24.8 Å². The first-order valence-corrected chi connectivity index (χ1v) is 11.5. The van der Waals surface area contributed by atoms with E-state index in [2.05, 4.69) is 99.9 Å². The van der Waals surface area contributed by atoms with E-state index in [0.29, 0.717) is 12.0 Å². The van der Waals surface area contributed by atoms with Gasteiger partial charge < -0.3 is 4.98 Å². The van der Waals surface area contributed by atoms with Gasteiger partial charge in [-0.3, -0.25) is 9.88 Å². The van der Waals surface area contributed by atoms with Crippen molar-refractivity contribution in [3.63, 3.8) is 0 Å². The number of pyridine rings is 1. The van der Waals surface area contributed by atoms with Crippen LogP contribution < -0.4 is 0 Å². The van der Waals surface area contributed by atoms with Crippen LogP contribution in [0.15, 0.2) is 97.5 Å². The van der Waals surface area contributed by atoms with Crippen LogP contribution in [0.5, 0.6) is 0 Å². The number of rotatable bonds is 4. The van der Waals surface area contributed by atoms with Crippen LogP contribution in [0.2, 0.25) is 0 Å². The molecule has 158 valence electrons. The highest BCUT2D eigenvalue weighted by Gasteiger charge is 2.34. The number of benzene rings is 2. The molecule has 2 aliphatic heterocycles. The predicted molar refractivity (Wildman–Crippen MR) is 131 cm³/mol. The summed E-state index contributed by atoms with van der Waals surface area (Å²) < 4.78 is 0. The molecule has 2 atom stereocenters. The fourth-order valence-electron chi connectivity index (χ4n) is 5.46. The lowest BCUT2D eigenvalue weighted by molar-refractivity contribution is 0.286. The third-order valence-electron chi connectivity index (χ3n) is 7.04. The second kappa shape index (κ2) is 8.25. The Morgan fingerprint density at radius 1 is 0.844 bits per heavy atom. The van der Waals surface area contributed by atoms with Crippen LogP contribution >= 0.6 is 0 Å². The lowest BCUT2D eigenvalue weighted by Crippen LogP contribution is -2.32. The Morgan fingerprint density at radius 3 is 2.38 bits per heavy atom. The van der Waals surface area contributed by atoms with Crippen LogP contribution in [0.3, 0.4) is 0 Å². The number of fused-ring (bicyclic) bond motifs is 1. The summed E-state index contributed by atoms with van der Waals surface area (Å²) in [7, 11) is 0. The van der Waals surface area contributed by atoms with Gasteiger partial charge in [0.05, 0.1) is 5.69 Å². The standard InChI is InChI=1S/C29H27N3/c1-3-7-21(8-4-1)25-18-26-17-24(13-16-32(26)20-25)27-19-31-29(23-9-5-2-6-10-23)28(27)22-11-14-30-15-12-22/h1-12,14-15,17,19,25-26,31H,13,16,18,20H2/t25-,26-/m1/s1. The molecule has 0 unspecified atom stereocenters. The first-order chi connectivity index (χ1) is 15.9. The molecule has 6 rings (SSSR count). The van der Waals surface area contributed by atoms with Crippen LogP contribution in [0.1, 0.15) is 29.9 Å². The second-order valence-corrected chi connectivity index (χ2v) is 8.90. The summed E-state index contributed by atoms with van der Waals surface area (Å²) in [4.78, 5) is 10.5. The number of H-pyrrole nitrogens is 1. The Bertz CT molecular complexity index is 1230. The molecule has 3 nitrogen and oxygen atoms in total. The third-order valence-corrected chi connectivity index (χ3v) is 7.04. The maximum Gasteiger partial charge on any atom is 0.0539 e. The Morgan fingerprint density at radius 2 is 1.59 bits per heavy atom. The molecule has 4 heterocycles. The average Bonchev–Trinajstić information content (AvgIpc) is 3.50. The molecule has 1 N–H and O–H groups in total. The van der Waals surface area contributed by atoms with Gasteiger partial charge in [0.2, 0.25) is 0 Å². The highest BCUT2D eigenvalue weighted by molar-refractivity contribution is 5.91. The van der Waals surface area contributed by atoms with Crippen molar-refractivity contribution in [3.05, 3.63) is 109 Å². The molecule has 0 radical (unpaired) electrons. The minimum absolute atomic E-state index is 0.518. The molecule has 2 aromatic carbocycles. The molecule has 0 spiro atoms. The summed E-state index contributed by atoms with van der Waals surface area (Å²) >= 11 is 0. The Kier molecular flexibility index (Phi) is 4.97. The average molecular weight is 418 g/mol. The zero-order valence-electron chi connectivity index (χ0n) is 18.1. The topological polar surface area (TPSA) is 31.9 Å². The van der Waals surface area contributed by atoms with E-state index in [4.69, 9.17) is 0 Å². The normalized spacial score (nSPS) is 20.7. The Balaban J connectivity index is 1.38. The molecule has 3 heteroatoms. The van der Waals surface area contributed by atoms with Gasteiger partial charge in [-0.25, -0.2) is 0 Å². The molecular weight excluding hydrogens is 390 g/mol. The summed E-state index contributed by atoms with van der Waals surface area (Å²) in [5.74, 6) is 0.627. The van der Waals surface area contributed by atoms with Gasteiger partial charge in [-0.15, -0.1) is 0 Å². The SMILES string of the molecule is C1=C(c2c[nH]c(-c3ccccc3)c2-c2ccncc2)CCN2C[C@H](c3ccccc3)C[C@@H]12. The minimum atomic E-state index is 0.518. The number of aromatic nitrogens is 2. The van der Waals surface area contributed by atoms with Gasteiger partial charge in [0.25, 0.3) is 0 Å². The molecular formula is C29H27N3. The largest absolute Gasteiger partial charge is 0.360 e. The first-order valence-electron chi connectivity index (χ1n) is 11.5. The van der Waals surface area contributed by atoms with Crippen LogP contribution in [0.4, 0.5) is 0 Å². The second-order valence-electron chi connectivity index (χ2n) is 8.90. The van der Waals surface area contributed by atoms with E-state index in [1.807, 2.05) is 12.4 Å². The van der Waals surface area contributed by atoms with E-state index in [-0.39, 0.29) is 0 Å². The van der Waals surface area contributed by atoms with Crippen molar-refractivity contribution >= 4 is 5.57 Å². The molecule has 0 saturated carbocycles. The summed E-state index contributed by atoms with van der Waals surface area (Å²) in [6.45, 7) is 2.29. The van der Waals surface area contributed by atoms with Crippen molar-refractivity contribution < 1.29 is 0 Å². The summed E-state index contributed by atoms with van der Waals surface area (Å²) in [5.41, 5.74) is 9.17. The molecule has 2 aliphatic rings. The molecule has 4 aromatic rings. The van der Waals surface area contributed by atoms with Gasteiger partial charge in [0.1, 0.15) is 0 Å². The number of nitrogens with one attached hydrogen (secondary N) is 1. The zero-order valence-corrected chi connectivity index (χ0v) is 18.1. The van der Waals surface area contributed by atoms with E-state index < -0.39 is 0 Å². The van der Waals surface area contributed by atoms with Crippen LogP contribution in [-0.2, 0) is 0 Å². The van der Waals surface area contributed by atoms with E-state index >= 15 is 0 Å². The smallest absolute Gasteiger partial charge is 0.0539 e. The lowest BCUT2D eigenvalue weighted by Gasteiger charge is -2.28. The van der Waals surface area contributed by atoms with Crippen molar-refractivity contribution in [3.8, 4) is 22.4 Å². The highest BCUT2D eigenvalue weighted by atomic mass is 15.2. The third kappa shape index (κ3) is 3.49. The first kappa shape index (κ1) is 19.3. The minimum Gasteiger partial charge on any atom is -0.360 e. The van der Waals surface area contributed by atoms with Gasteiger partial charge in [0, 0.05) is 48.8 Å². The monoisotopic (exact) mass is 417 g/mol. The molecule has 32 heavy (non-hydrogen) atoms. The molecule has 2 aromatic heterocycles. The van der Waals surface area contributed by atoms with Crippen molar-refractivity contribution in [1.29, 1.82) is 0 Å². The fraction of sp³-hybridized carbons (Fsp3) is 0.207.